The van der Waals surface area contributed by atoms with Crippen molar-refractivity contribution in [3.05, 3.63) is 62.3 Å². The van der Waals surface area contributed by atoms with E-state index in [1.807, 2.05) is 25.2 Å². The maximum Gasteiger partial charge on any atom is 0.130 e. The molecule has 0 heterocycles. The first-order valence-corrected chi connectivity index (χ1v) is 8.13. The largest absolute Gasteiger partial charge is 0.488 e. The lowest BCUT2D eigenvalue weighted by molar-refractivity contribution is 0.294. The zero-order valence-corrected chi connectivity index (χ0v) is 15.0. The molecule has 0 amide bonds. The molecule has 1 unspecified atom stereocenters. The van der Waals surface area contributed by atoms with Gasteiger partial charge in [-0.1, -0.05) is 37.9 Å². The van der Waals surface area contributed by atoms with Crippen molar-refractivity contribution in [1.82, 2.24) is 5.32 Å². The van der Waals surface area contributed by atoms with Crippen LogP contribution in [0.2, 0.25) is 0 Å². The van der Waals surface area contributed by atoms with Crippen molar-refractivity contribution in [3.63, 3.8) is 0 Å². The molecule has 2 rings (SSSR count). The summed E-state index contributed by atoms with van der Waals surface area (Å²) in [5.74, 6) is 0.479. The number of hydrogen-bond donors (Lipinski definition) is 1. The Morgan fingerprint density at radius 2 is 1.81 bits per heavy atom. The van der Waals surface area contributed by atoms with Gasteiger partial charge in [-0.3, -0.25) is 0 Å². The minimum absolute atomic E-state index is 0.146. The Labute approximate surface area is 141 Å². The molecule has 2 aromatic rings. The zero-order chi connectivity index (χ0) is 15.4. The molecule has 0 fully saturated rings. The van der Waals surface area contributed by atoms with Crippen LogP contribution >= 0.6 is 31.9 Å². The molecule has 1 N–H and O–H groups in total. The molecule has 2 nitrogen and oxygen atoms in total. The smallest absolute Gasteiger partial charge is 0.130 e. The van der Waals surface area contributed by atoms with E-state index in [4.69, 9.17) is 4.74 Å². The van der Waals surface area contributed by atoms with Crippen LogP contribution in [0.25, 0.3) is 0 Å². The van der Waals surface area contributed by atoms with Gasteiger partial charge in [0.1, 0.15) is 18.2 Å². The Balaban J connectivity index is 2.19. The van der Waals surface area contributed by atoms with Gasteiger partial charge in [-0.25, -0.2) is 4.39 Å². The molecule has 0 saturated carbocycles. The van der Waals surface area contributed by atoms with Gasteiger partial charge in [-0.05, 0) is 44.3 Å². The van der Waals surface area contributed by atoms with Crippen LogP contribution in [0.3, 0.4) is 0 Å². The molecule has 0 aliphatic heterocycles. The number of nitrogens with one attached hydrogen (secondary N) is 1. The van der Waals surface area contributed by atoms with Crippen molar-refractivity contribution in [2.75, 3.05) is 7.05 Å². The number of ether oxygens (including phenoxy) is 1. The van der Waals surface area contributed by atoms with E-state index in [0.29, 0.717) is 5.56 Å². The lowest BCUT2D eigenvalue weighted by atomic mass is 10.1. The summed E-state index contributed by atoms with van der Waals surface area (Å²) < 4.78 is 21.3. The van der Waals surface area contributed by atoms with Crippen LogP contribution in [0, 0.1) is 5.82 Å². The van der Waals surface area contributed by atoms with E-state index < -0.39 is 0 Å². The number of hydrogen-bond acceptors (Lipinski definition) is 2. The molecular weight excluding hydrogens is 401 g/mol. The lowest BCUT2D eigenvalue weighted by Crippen LogP contribution is -2.14. The summed E-state index contributed by atoms with van der Waals surface area (Å²) in [4.78, 5) is 0. The Kier molecular flexibility index (Phi) is 5.79. The van der Waals surface area contributed by atoms with Crippen LogP contribution in [-0.4, -0.2) is 7.05 Å². The number of halogens is 3. The predicted octanol–water partition coefficient (Wildman–Crippen LogP) is 5.21. The van der Waals surface area contributed by atoms with Crippen molar-refractivity contribution in [1.29, 1.82) is 0 Å². The zero-order valence-electron chi connectivity index (χ0n) is 11.8. The van der Waals surface area contributed by atoms with E-state index in [1.165, 1.54) is 6.07 Å². The van der Waals surface area contributed by atoms with Crippen molar-refractivity contribution in [2.45, 2.75) is 19.6 Å². The second kappa shape index (κ2) is 7.38. The van der Waals surface area contributed by atoms with Gasteiger partial charge in [0.25, 0.3) is 0 Å². The van der Waals surface area contributed by atoms with Crippen LogP contribution in [0.5, 0.6) is 5.75 Å². The maximum atomic E-state index is 13.8. The Bertz CT molecular complexity index is 634. The van der Waals surface area contributed by atoms with Gasteiger partial charge in [0.05, 0.1) is 0 Å². The van der Waals surface area contributed by atoms with Crippen molar-refractivity contribution in [3.8, 4) is 5.75 Å². The molecule has 0 aliphatic rings. The molecule has 1 atom stereocenters. The topological polar surface area (TPSA) is 21.3 Å². The minimum Gasteiger partial charge on any atom is -0.488 e. The van der Waals surface area contributed by atoms with Gasteiger partial charge in [0.15, 0.2) is 0 Å². The maximum absolute atomic E-state index is 13.8. The summed E-state index contributed by atoms with van der Waals surface area (Å²) in [6.45, 7) is 2.25. The van der Waals surface area contributed by atoms with Crippen LogP contribution < -0.4 is 10.1 Å². The summed E-state index contributed by atoms with van der Waals surface area (Å²) in [5, 5.41) is 3.18. The van der Waals surface area contributed by atoms with Gasteiger partial charge in [-0.15, -0.1) is 0 Å². The van der Waals surface area contributed by atoms with E-state index in [1.54, 1.807) is 12.1 Å². The molecule has 0 saturated heterocycles. The SMILES string of the molecule is CNC(C)c1cc(Br)ccc1OCc1ccc(Br)cc1F. The summed E-state index contributed by atoms with van der Waals surface area (Å²) in [5.41, 5.74) is 1.56. The monoisotopic (exact) mass is 415 g/mol. The molecule has 5 heteroatoms. The first kappa shape index (κ1) is 16.5. The highest BCUT2D eigenvalue weighted by Gasteiger charge is 2.12. The minimum atomic E-state index is -0.273. The summed E-state index contributed by atoms with van der Waals surface area (Å²) in [7, 11) is 1.89. The van der Waals surface area contributed by atoms with E-state index in [0.717, 1.165) is 20.3 Å². The molecule has 2 aromatic carbocycles. The molecule has 0 radical (unpaired) electrons. The molecular formula is C16H16Br2FNO. The first-order chi connectivity index (χ1) is 10.0. The van der Waals surface area contributed by atoms with E-state index in [2.05, 4.69) is 44.1 Å². The molecule has 0 aromatic heterocycles. The Morgan fingerprint density at radius 3 is 2.48 bits per heavy atom. The van der Waals surface area contributed by atoms with E-state index in [9.17, 15) is 4.39 Å². The Hall–Kier alpha value is -0.910. The van der Waals surface area contributed by atoms with Crippen LogP contribution in [0.15, 0.2) is 45.3 Å². The molecule has 0 bridgehead atoms. The number of rotatable bonds is 5. The Morgan fingerprint density at radius 1 is 1.14 bits per heavy atom. The average molecular weight is 417 g/mol. The van der Waals surface area contributed by atoms with Crippen molar-refractivity contribution >= 4 is 31.9 Å². The highest BCUT2D eigenvalue weighted by molar-refractivity contribution is 9.10. The third-order valence-corrected chi connectivity index (χ3v) is 4.26. The highest BCUT2D eigenvalue weighted by atomic mass is 79.9. The van der Waals surface area contributed by atoms with Gasteiger partial charge in [0.2, 0.25) is 0 Å². The normalized spacial score (nSPS) is 12.2. The van der Waals surface area contributed by atoms with Gasteiger partial charge in [0, 0.05) is 26.1 Å². The van der Waals surface area contributed by atoms with Gasteiger partial charge >= 0.3 is 0 Å². The summed E-state index contributed by atoms with van der Waals surface area (Å²) in [6, 6.07) is 10.9. The third-order valence-electron chi connectivity index (χ3n) is 3.27. The fourth-order valence-electron chi connectivity index (χ4n) is 1.94. The summed E-state index contributed by atoms with van der Waals surface area (Å²) in [6.07, 6.45) is 0. The van der Waals surface area contributed by atoms with Gasteiger partial charge in [-0.2, -0.15) is 0 Å². The second-order valence-corrected chi connectivity index (χ2v) is 6.55. The average Bonchev–Trinajstić information content (AvgIpc) is 2.46. The molecule has 112 valence electrons. The fourth-order valence-corrected chi connectivity index (χ4v) is 2.65. The highest BCUT2D eigenvalue weighted by Crippen LogP contribution is 2.29. The molecule has 0 aliphatic carbocycles. The number of benzene rings is 2. The van der Waals surface area contributed by atoms with Gasteiger partial charge < -0.3 is 10.1 Å². The van der Waals surface area contributed by atoms with Crippen LogP contribution in [0.1, 0.15) is 24.1 Å². The standard InChI is InChI=1S/C16H16Br2FNO/c1-10(20-2)14-7-12(17)5-6-16(14)21-9-11-3-4-13(18)8-15(11)19/h3-8,10,20H,9H2,1-2H3. The second-order valence-electron chi connectivity index (χ2n) is 4.72. The van der Waals surface area contributed by atoms with Crippen molar-refractivity contribution in [2.24, 2.45) is 0 Å². The van der Waals surface area contributed by atoms with Crippen LogP contribution in [-0.2, 0) is 6.61 Å². The van der Waals surface area contributed by atoms with Crippen molar-refractivity contribution < 1.29 is 9.13 Å². The first-order valence-electron chi connectivity index (χ1n) is 6.54. The quantitative estimate of drug-likeness (QED) is 0.722. The summed E-state index contributed by atoms with van der Waals surface area (Å²) >= 11 is 6.71. The van der Waals surface area contributed by atoms with Crippen LogP contribution in [0.4, 0.5) is 4.39 Å². The molecule has 21 heavy (non-hydrogen) atoms. The predicted molar refractivity (Wildman–Crippen MR) is 90.0 cm³/mol. The molecule has 0 spiro atoms. The van der Waals surface area contributed by atoms with E-state index in [-0.39, 0.29) is 18.5 Å². The fraction of sp³-hybridized carbons (Fsp3) is 0.250. The lowest BCUT2D eigenvalue weighted by Gasteiger charge is -2.17. The van der Waals surface area contributed by atoms with E-state index >= 15 is 0 Å². The third kappa shape index (κ3) is 4.28.